The van der Waals surface area contributed by atoms with E-state index in [1.165, 1.54) is 19.4 Å². The van der Waals surface area contributed by atoms with Gasteiger partial charge in [0.25, 0.3) is 0 Å². The molecule has 8 heteroatoms. The number of Topliss-reactive ketones (excluding diaryl/α,β-unsaturated/α-hetero) is 1. The van der Waals surface area contributed by atoms with Gasteiger partial charge in [-0.15, -0.1) is 0 Å². The minimum Gasteiger partial charge on any atom is -0.469 e. The van der Waals surface area contributed by atoms with Crippen LogP contribution in [0.1, 0.15) is 44.9 Å². The third-order valence-electron chi connectivity index (χ3n) is 4.62. The van der Waals surface area contributed by atoms with Crippen LogP contribution in [0.25, 0.3) is 0 Å². The first kappa shape index (κ1) is 22.5. The smallest absolute Gasteiger partial charge is 0.339 e. The highest BCUT2D eigenvalue weighted by atomic mass is 32.2. The Morgan fingerprint density at radius 3 is 2.45 bits per heavy atom. The second kappa shape index (κ2) is 10.2. The maximum atomic E-state index is 12.6. The number of esters is 2. The fourth-order valence-electron chi connectivity index (χ4n) is 3.08. The summed E-state index contributed by atoms with van der Waals surface area (Å²) in [6.07, 6.45) is 2.37. The zero-order valence-electron chi connectivity index (χ0n) is 17.0. The second-order valence-electron chi connectivity index (χ2n) is 6.57. The van der Waals surface area contributed by atoms with E-state index in [4.69, 9.17) is 4.74 Å². The lowest BCUT2D eigenvalue weighted by molar-refractivity contribution is -0.140. The van der Waals surface area contributed by atoms with Gasteiger partial charge in [0.05, 0.1) is 28.4 Å². The number of rotatable bonds is 9. The highest BCUT2D eigenvalue weighted by Crippen LogP contribution is 2.18. The van der Waals surface area contributed by atoms with Crippen LogP contribution in [0.15, 0.2) is 35.2 Å². The average Bonchev–Trinajstić information content (AvgIpc) is 2.99. The zero-order chi connectivity index (χ0) is 21.6. The van der Waals surface area contributed by atoms with Crippen LogP contribution in [0.5, 0.6) is 0 Å². The summed E-state index contributed by atoms with van der Waals surface area (Å²) >= 11 is 0. The summed E-state index contributed by atoms with van der Waals surface area (Å²) in [6, 6.07) is 8.20. The first-order chi connectivity index (χ1) is 13.8. The summed E-state index contributed by atoms with van der Waals surface area (Å²) < 4.78 is 23.5. The van der Waals surface area contributed by atoms with Crippen molar-refractivity contribution in [1.29, 1.82) is 0 Å². The number of aromatic nitrogens is 1. The first-order valence-corrected chi connectivity index (χ1v) is 10.7. The average molecular weight is 419 g/mol. The molecule has 0 spiro atoms. The molecule has 0 N–H and O–H groups in total. The van der Waals surface area contributed by atoms with Crippen LogP contribution in [-0.2, 0) is 31.6 Å². The molecular weight excluding hydrogens is 394 g/mol. The number of carbonyl (C=O) groups is 3. The van der Waals surface area contributed by atoms with Gasteiger partial charge in [-0.25, -0.2) is 4.79 Å². The summed E-state index contributed by atoms with van der Waals surface area (Å²) in [6.45, 7) is 3.86. The van der Waals surface area contributed by atoms with Crippen molar-refractivity contribution in [1.82, 2.24) is 4.57 Å². The minimum atomic E-state index is -1.34. The van der Waals surface area contributed by atoms with Crippen LogP contribution in [-0.4, -0.2) is 46.5 Å². The molecule has 29 heavy (non-hydrogen) atoms. The molecule has 1 atom stereocenters. The van der Waals surface area contributed by atoms with Crippen molar-refractivity contribution in [3.63, 3.8) is 0 Å². The van der Waals surface area contributed by atoms with Crippen LogP contribution in [0.2, 0.25) is 0 Å². The molecule has 0 amide bonds. The third-order valence-corrected chi connectivity index (χ3v) is 5.59. The van der Waals surface area contributed by atoms with Crippen molar-refractivity contribution in [3.8, 4) is 0 Å². The summed E-state index contributed by atoms with van der Waals surface area (Å²) in [5.74, 6) is -1.28. The van der Waals surface area contributed by atoms with E-state index in [-0.39, 0.29) is 17.3 Å². The van der Waals surface area contributed by atoms with E-state index in [0.717, 1.165) is 11.4 Å². The van der Waals surface area contributed by atoms with Crippen molar-refractivity contribution in [3.05, 3.63) is 52.8 Å². The Balaban J connectivity index is 2.04. The van der Waals surface area contributed by atoms with Crippen LogP contribution in [0.3, 0.4) is 0 Å². The van der Waals surface area contributed by atoms with Gasteiger partial charge in [-0.3, -0.25) is 13.8 Å². The number of ether oxygens (including phenoxy) is 2. The Hall–Kier alpha value is -2.74. The van der Waals surface area contributed by atoms with E-state index in [0.29, 0.717) is 29.8 Å². The highest BCUT2D eigenvalue weighted by molar-refractivity contribution is 7.84. The SMILES string of the molecule is COC(=O)CCCn1c(C)cc(C(=O)COC(=O)c2ccccc2[S@@](C)=O)c1C. The second-order valence-corrected chi connectivity index (χ2v) is 7.91. The molecule has 2 rings (SSSR count). The van der Waals surface area contributed by atoms with Gasteiger partial charge in [-0.1, -0.05) is 12.1 Å². The van der Waals surface area contributed by atoms with Crippen LogP contribution >= 0.6 is 0 Å². The molecule has 1 aromatic heterocycles. The van der Waals surface area contributed by atoms with Crippen molar-refractivity contribution >= 4 is 28.5 Å². The number of aryl methyl sites for hydroxylation is 1. The molecule has 156 valence electrons. The molecule has 2 aromatic rings. The maximum absolute atomic E-state index is 12.6. The predicted octanol–water partition coefficient (Wildman–Crippen LogP) is 2.84. The topological polar surface area (TPSA) is 91.7 Å². The molecule has 0 aliphatic heterocycles. The fourth-order valence-corrected chi connectivity index (χ4v) is 3.81. The van der Waals surface area contributed by atoms with Crippen molar-refractivity contribution in [2.75, 3.05) is 20.0 Å². The minimum absolute atomic E-state index is 0.189. The van der Waals surface area contributed by atoms with E-state index in [2.05, 4.69) is 4.74 Å². The van der Waals surface area contributed by atoms with E-state index < -0.39 is 23.4 Å². The molecule has 0 unspecified atom stereocenters. The summed E-state index contributed by atoms with van der Waals surface area (Å²) in [7, 11) is 0.00590. The van der Waals surface area contributed by atoms with Gasteiger partial charge in [0.1, 0.15) is 0 Å². The number of ketones is 1. The molecule has 0 aliphatic carbocycles. The lowest BCUT2D eigenvalue weighted by atomic mass is 10.1. The Kier molecular flexibility index (Phi) is 7.90. The number of nitrogens with zero attached hydrogens (tertiary/aromatic N) is 1. The molecule has 0 bridgehead atoms. The number of hydrogen-bond donors (Lipinski definition) is 0. The van der Waals surface area contributed by atoms with Crippen LogP contribution in [0.4, 0.5) is 0 Å². The Labute approximate surface area is 172 Å². The Bertz CT molecular complexity index is 947. The molecular formula is C21H25NO6S. The van der Waals surface area contributed by atoms with Gasteiger partial charge in [0.2, 0.25) is 5.78 Å². The molecule has 0 fully saturated rings. The number of hydrogen-bond acceptors (Lipinski definition) is 6. The van der Waals surface area contributed by atoms with Gasteiger partial charge in [0, 0.05) is 36.2 Å². The fraction of sp³-hybridized carbons (Fsp3) is 0.381. The summed E-state index contributed by atoms with van der Waals surface area (Å²) in [4.78, 5) is 36.6. The molecule has 1 heterocycles. The van der Waals surface area contributed by atoms with Crippen LogP contribution < -0.4 is 0 Å². The van der Waals surface area contributed by atoms with Gasteiger partial charge in [-0.05, 0) is 38.5 Å². The third kappa shape index (κ3) is 5.63. The summed E-state index contributed by atoms with van der Waals surface area (Å²) in [5.41, 5.74) is 2.30. The number of methoxy groups -OCH3 is 1. The monoisotopic (exact) mass is 419 g/mol. The maximum Gasteiger partial charge on any atom is 0.339 e. The standard InChI is InChI=1S/C21H25NO6S/c1-14-12-17(15(2)22(14)11-7-10-20(24)27-3)18(23)13-28-21(25)16-8-5-6-9-19(16)29(4)26/h5-6,8-9,12H,7,10-11,13H2,1-4H3/t29-/m1/s1. The van der Waals surface area contributed by atoms with Gasteiger partial charge in [0.15, 0.2) is 6.61 Å². The van der Waals surface area contributed by atoms with E-state index in [1.54, 1.807) is 24.3 Å². The number of benzene rings is 1. The Morgan fingerprint density at radius 2 is 1.79 bits per heavy atom. The quantitative estimate of drug-likeness (QED) is 0.458. The highest BCUT2D eigenvalue weighted by Gasteiger charge is 2.20. The van der Waals surface area contributed by atoms with Gasteiger partial charge >= 0.3 is 11.9 Å². The van der Waals surface area contributed by atoms with Gasteiger partial charge < -0.3 is 14.0 Å². The molecule has 1 aromatic carbocycles. The lowest BCUT2D eigenvalue weighted by Gasteiger charge is -2.10. The van der Waals surface area contributed by atoms with Crippen molar-refractivity contribution in [2.24, 2.45) is 0 Å². The molecule has 7 nitrogen and oxygen atoms in total. The molecule has 0 aliphatic rings. The zero-order valence-corrected chi connectivity index (χ0v) is 17.8. The predicted molar refractivity (Wildman–Crippen MR) is 109 cm³/mol. The van der Waals surface area contributed by atoms with E-state index in [1.807, 2.05) is 18.4 Å². The number of carbonyl (C=O) groups excluding carboxylic acids is 3. The van der Waals surface area contributed by atoms with E-state index in [9.17, 15) is 18.6 Å². The molecule has 0 saturated heterocycles. The summed E-state index contributed by atoms with van der Waals surface area (Å²) in [5, 5.41) is 0. The van der Waals surface area contributed by atoms with Crippen molar-refractivity contribution in [2.45, 2.75) is 38.1 Å². The van der Waals surface area contributed by atoms with Gasteiger partial charge in [-0.2, -0.15) is 0 Å². The van der Waals surface area contributed by atoms with Crippen molar-refractivity contribution < 1.29 is 28.1 Å². The first-order valence-electron chi connectivity index (χ1n) is 9.12. The van der Waals surface area contributed by atoms with E-state index >= 15 is 0 Å². The molecule has 0 radical (unpaired) electrons. The van der Waals surface area contributed by atoms with Crippen LogP contribution in [0, 0.1) is 13.8 Å². The molecule has 0 saturated carbocycles. The normalized spacial score (nSPS) is 11.7. The Morgan fingerprint density at radius 1 is 1.10 bits per heavy atom. The largest absolute Gasteiger partial charge is 0.469 e. The lowest BCUT2D eigenvalue weighted by Crippen LogP contribution is -2.16.